The maximum atomic E-state index is 12.9. The third kappa shape index (κ3) is 5.33. The highest BCUT2D eigenvalue weighted by Crippen LogP contribution is 2.30. The molecule has 0 saturated heterocycles. The van der Waals surface area contributed by atoms with Gasteiger partial charge in [-0.15, -0.1) is 11.3 Å². The van der Waals surface area contributed by atoms with Crippen LogP contribution in [0.2, 0.25) is 0 Å². The van der Waals surface area contributed by atoms with Crippen molar-refractivity contribution in [1.29, 1.82) is 0 Å². The van der Waals surface area contributed by atoms with Crippen molar-refractivity contribution < 1.29 is 27.1 Å². The monoisotopic (exact) mass is 460 g/mol. The van der Waals surface area contributed by atoms with Gasteiger partial charge in [0.05, 0.1) is 5.56 Å². The zero-order valence-electron chi connectivity index (χ0n) is 16.3. The molecular weight excluding hydrogens is 445 g/mol. The summed E-state index contributed by atoms with van der Waals surface area (Å²) in [6, 6.07) is 12.9. The fourth-order valence-electron chi connectivity index (χ4n) is 2.94. The predicted molar refractivity (Wildman–Crippen MR) is 113 cm³/mol. The molecule has 0 saturated carbocycles. The highest BCUT2D eigenvalue weighted by atomic mass is 32.1. The Kier molecular flexibility index (Phi) is 5.95. The summed E-state index contributed by atoms with van der Waals surface area (Å²) in [6.45, 7) is -0.300. The van der Waals surface area contributed by atoms with E-state index in [0.29, 0.717) is 26.9 Å². The number of nitrogens with one attached hydrogen (secondary N) is 1. The number of thiazole rings is 1. The largest absolute Gasteiger partial charge is 0.484 e. The number of nitrogens with zero attached hydrogens (tertiary/aromatic N) is 1. The van der Waals surface area contributed by atoms with Crippen LogP contribution in [-0.4, -0.2) is 17.5 Å². The smallest absolute Gasteiger partial charge is 0.416 e. The van der Waals surface area contributed by atoms with Gasteiger partial charge in [0.1, 0.15) is 11.3 Å². The molecule has 4 aromatic rings. The molecule has 10 heteroatoms. The number of alkyl halides is 3. The fourth-order valence-corrected chi connectivity index (χ4v) is 3.80. The van der Waals surface area contributed by atoms with Gasteiger partial charge < -0.3 is 9.15 Å². The third-order valence-corrected chi connectivity index (χ3v) is 5.31. The van der Waals surface area contributed by atoms with Crippen LogP contribution in [0.4, 0.5) is 18.3 Å². The van der Waals surface area contributed by atoms with Gasteiger partial charge >= 0.3 is 11.8 Å². The molecular formula is C22H15F3N2O4S. The van der Waals surface area contributed by atoms with Gasteiger partial charge in [0.25, 0.3) is 5.91 Å². The predicted octanol–water partition coefficient (Wildman–Crippen LogP) is 4.88. The van der Waals surface area contributed by atoms with E-state index in [4.69, 9.17) is 9.15 Å². The number of anilines is 1. The number of fused-ring (bicyclic) bond motifs is 1. The van der Waals surface area contributed by atoms with E-state index in [9.17, 15) is 22.8 Å². The minimum Gasteiger partial charge on any atom is -0.484 e. The maximum Gasteiger partial charge on any atom is 0.416 e. The van der Waals surface area contributed by atoms with Crippen LogP contribution in [-0.2, 0) is 17.4 Å². The Morgan fingerprint density at radius 2 is 1.94 bits per heavy atom. The Morgan fingerprint density at radius 3 is 2.75 bits per heavy atom. The van der Waals surface area contributed by atoms with Gasteiger partial charge in [-0.25, -0.2) is 9.78 Å². The van der Waals surface area contributed by atoms with Gasteiger partial charge in [-0.2, -0.15) is 13.2 Å². The number of carbonyl (C=O) groups excluding carboxylic acids is 1. The zero-order chi connectivity index (χ0) is 22.7. The van der Waals surface area contributed by atoms with Crippen LogP contribution in [0.15, 0.2) is 70.0 Å². The normalized spacial score (nSPS) is 11.5. The Bertz CT molecular complexity index is 1330. The number of carbonyl (C=O) groups is 1. The lowest BCUT2D eigenvalue weighted by Gasteiger charge is -2.08. The summed E-state index contributed by atoms with van der Waals surface area (Å²) in [5.41, 5.74) is -0.363. The van der Waals surface area contributed by atoms with Crippen molar-refractivity contribution in [3.63, 3.8) is 0 Å². The summed E-state index contributed by atoms with van der Waals surface area (Å²) in [5, 5.41) is 3.62. The van der Waals surface area contributed by atoms with Crippen molar-refractivity contribution in [2.75, 3.05) is 11.9 Å². The summed E-state index contributed by atoms with van der Waals surface area (Å²) < 4.78 is 49.1. The highest BCUT2D eigenvalue weighted by Gasteiger charge is 2.30. The molecule has 0 aliphatic heterocycles. The molecule has 0 unspecified atom stereocenters. The molecule has 32 heavy (non-hydrogen) atoms. The molecule has 0 radical (unpaired) electrons. The molecule has 0 atom stereocenters. The van der Waals surface area contributed by atoms with Crippen LogP contribution in [0.1, 0.15) is 16.0 Å². The quantitative estimate of drug-likeness (QED) is 0.415. The van der Waals surface area contributed by atoms with Gasteiger partial charge in [0.15, 0.2) is 11.7 Å². The second kappa shape index (κ2) is 8.83. The number of ether oxygens (including phenoxy) is 1. The number of hydrogen-bond donors (Lipinski definition) is 1. The van der Waals surface area contributed by atoms with Crippen LogP contribution in [0.25, 0.3) is 11.0 Å². The maximum absolute atomic E-state index is 12.9. The molecule has 0 fully saturated rings. The second-order valence-electron chi connectivity index (χ2n) is 6.80. The summed E-state index contributed by atoms with van der Waals surface area (Å²) in [4.78, 5) is 28.3. The van der Waals surface area contributed by atoms with E-state index in [0.717, 1.165) is 28.9 Å². The summed E-state index contributed by atoms with van der Waals surface area (Å²) in [6.07, 6.45) is -2.64. The van der Waals surface area contributed by atoms with Gasteiger partial charge in [-0.3, -0.25) is 10.1 Å². The number of aromatic nitrogens is 1. The minimum absolute atomic E-state index is 0.260. The lowest BCUT2D eigenvalue weighted by molar-refractivity contribution is -0.137. The van der Waals surface area contributed by atoms with Crippen LogP contribution < -0.4 is 15.7 Å². The number of rotatable bonds is 6. The van der Waals surface area contributed by atoms with E-state index >= 15 is 0 Å². The van der Waals surface area contributed by atoms with Crippen LogP contribution >= 0.6 is 11.3 Å². The number of benzene rings is 2. The second-order valence-corrected chi connectivity index (χ2v) is 7.91. The standard InChI is InChI=1S/C22H15F3N2O4S/c23-22(24,25)15-3-1-2-13(8-15)9-17-11-26-21(32-17)27-19(28)12-30-16-6-4-14-5-7-20(29)31-18(14)10-16/h1-8,10-11H,9,12H2,(H,26,27,28). The van der Waals surface area contributed by atoms with E-state index in [-0.39, 0.29) is 13.0 Å². The van der Waals surface area contributed by atoms with Crippen molar-refractivity contribution in [2.45, 2.75) is 12.6 Å². The SMILES string of the molecule is O=C(COc1ccc2ccc(=O)oc2c1)Nc1ncc(Cc2cccc(C(F)(F)F)c2)s1. The molecule has 1 N–H and O–H groups in total. The molecule has 2 heterocycles. The number of halogens is 3. The Labute approximate surface area is 183 Å². The summed E-state index contributed by atoms with van der Waals surface area (Å²) in [7, 11) is 0. The minimum atomic E-state index is -4.40. The zero-order valence-corrected chi connectivity index (χ0v) is 17.1. The van der Waals surface area contributed by atoms with Crippen LogP contribution in [0, 0.1) is 0 Å². The van der Waals surface area contributed by atoms with Crippen LogP contribution in [0.3, 0.4) is 0 Å². The molecule has 2 aromatic heterocycles. The van der Waals surface area contributed by atoms with Crippen molar-refractivity contribution in [1.82, 2.24) is 4.98 Å². The first-order valence-electron chi connectivity index (χ1n) is 9.34. The van der Waals surface area contributed by atoms with E-state index in [2.05, 4.69) is 10.3 Å². The lowest BCUT2D eigenvalue weighted by Crippen LogP contribution is -2.19. The van der Waals surface area contributed by atoms with Crippen LogP contribution in [0.5, 0.6) is 5.75 Å². The van der Waals surface area contributed by atoms with E-state index < -0.39 is 23.3 Å². The summed E-state index contributed by atoms with van der Waals surface area (Å²) >= 11 is 1.16. The molecule has 0 spiro atoms. The molecule has 4 rings (SSSR count). The van der Waals surface area contributed by atoms with Gasteiger partial charge in [-0.05, 0) is 29.8 Å². The Balaban J connectivity index is 1.34. The molecule has 1 amide bonds. The van der Waals surface area contributed by atoms with Gasteiger partial charge in [0.2, 0.25) is 0 Å². The first kappa shape index (κ1) is 21.6. The highest BCUT2D eigenvalue weighted by molar-refractivity contribution is 7.15. The molecule has 2 aromatic carbocycles. The Hall–Kier alpha value is -3.66. The lowest BCUT2D eigenvalue weighted by atomic mass is 10.1. The molecule has 0 aliphatic rings. The van der Waals surface area contributed by atoms with E-state index in [1.165, 1.54) is 24.4 Å². The van der Waals surface area contributed by atoms with Crippen molar-refractivity contribution in [3.8, 4) is 5.75 Å². The van der Waals surface area contributed by atoms with E-state index in [1.54, 1.807) is 24.3 Å². The van der Waals surface area contributed by atoms with Crippen molar-refractivity contribution >= 4 is 33.3 Å². The van der Waals surface area contributed by atoms with Gasteiger partial charge in [-0.1, -0.05) is 18.2 Å². The molecule has 0 bridgehead atoms. The average Bonchev–Trinajstić information content (AvgIpc) is 3.18. The van der Waals surface area contributed by atoms with E-state index in [1.807, 2.05) is 0 Å². The third-order valence-electron chi connectivity index (χ3n) is 4.40. The molecule has 164 valence electrons. The fraction of sp³-hybridized carbons (Fsp3) is 0.136. The first-order valence-corrected chi connectivity index (χ1v) is 10.2. The first-order chi connectivity index (χ1) is 15.3. The Morgan fingerprint density at radius 1 is 1.12 bits per heavy atom. The molecule has 6 nitrogen and oxygen atoms in total. The number of hydrogen-bond acceptors (Lipinski definition) is 6. The topological polar surface area (TPSA) is 81.4 Å². The van der Waals surface area contributed by atoms with Crippen molar-refractivity contribution in [2.24, 2.45) is 0 Å². The summed E-state index contributed by atoms with van der Waals surface area (Å²) in [5.74, 6) is -0.106. The van der Waals surface area contributed by atoms with Crippen molar-refractivity contribution in [3.05, 3.63) is 87.2 Å². The molecule has 0 aliphatic carbocycles. The van der Waals surface area contributed by atoms with Gasteiger partial charge in [0, 0.05) is 35.0 Å². The average molecular weight is 460 g/mol. The number of amides is 1.